The summed E-state index contributed by atoms with van der Waals surface area (Å²) in [6, 6.07) is 10.6. The van der Waals surface area contributed by atoms with Crippen molar-refractivity contribution in [2.75, 3.05) is 13.2 Å². The summed E-state index contributed by atoms with van der Waals surface area (Å²) in [6.07, 6.45) is -0.361. The second-order valence-corrected chi connectivity index (χ2v) is 5.07. The smallest absolute Gasteiger partial charge is 0.317 e. The number of Topliss-reactive ketones (excluding diaryl/α,β-unsaturated/α-hetero) is 1. The largest absolute Gasteiger partial charge is 0.466 e. The molecular formula is C18H19NO5. The molecule has 0 aliphatic carbocycles. The Labute approximate surface area is 139 Å². The van der Waals surface area contributed by atoms with Crippen LogP contribution in [0.25, 0.3) is 10.9 Å². The molecule has 2 aromatic rings. The summed E-state index contributed by atoms with van der Waals surface area (Å²) in [5.74, 6) is -3.17. The number of benzene rings is 1. The third-order valence-electron chi connectivity index (χ3n) is 3.41. The third kappa shape index (κ3) is 4.16. The molecule has 0 fully saturated rings. The first-order valence-corrected chi connectivity index (χ1v) is 7.79. The predicted molar refractivity (Wildman–Crippen MR) is 87.4 cm³/mol. The van der Waals surface area contributed by atoms with Crippen LogP contribution in [0.15, 0.2) is 36.4 Å². The lowest BCUT2D eigenvalue weighted by atomic mass is 9.97. The normalized spacial score (nSPS) is 11.8. The molecule has 126 valence electrons. The predicted octanol–water partition coefficient (Wildman–Crippen LogP) is 2.55. The molecule has 24 heavy (non-hydrogen) atoms. The van der Waals surface area contributed by atoms with Gasteiger partial charge in [-0.05, 0) is 26.0 Å². The number of rotatable bonds is 7. The molecular weight excluding hydrogens is 310 g/mol. The van der Waals surface area contributed by atoms with Gasteiger partial charge in [0.1, 0.15) is 11.6 Å². The summed E-state index contributed by atoms with van der Waals surface area (Å²) < 4.78 is 9.76. The van der Waals surface area contributed by atoms with E-state index >= 15 is 0 Å². The maximum Gasteiger partial charge on any atom is 0.317 e. The maximum atomic E-state index is 12.7. The van der Waals surface area contributed by atoms with Gasteiger partial charge in [-0.3, -0.25) is 14.4 Å². The molecule has 0 aliphatic rings. The molecule has 6 nitrogen and oxygen atoms in total. The molecule has 1 heterocycles. The Bertz CT molecular complexity index is 756. The number of carbonyl (C=O) groups excluding carboxylic acids is 3. The van der Waals surface area contributed by atoms with Crippen molar-refractivity contribution in [3.8, 4) is 0 Å². The third-order valence-corrected chi connectivity index (χ3v) is 3.41. The van der Waals surface area contributed by atoms with Gasteiger partial charge >= 0.3 is 11.9 Å². The van der Waals surface area contributed by atoms with Gasteiger partial charge in [-0.1, -0.05) is 24.3 Å². The molecule has 0 saturated carbocycles. The SMILES string of the molecule is CCOC(=O)CC(C(=O)OCC)C(=O)c1ccc2ccccc2n1. The first-order valence-electron chi connectivity index (χ1n) is 7.79. The fourth-order valence-electron chi connectivity index (χ4n) is 2.29. The van der Waals surface area contributed by atoms with Gasteiger partial charge in [0, 0.05) is 5.39 Å². The van der Waals surface area contributed by atoms with Crippen molar-refractivity contribution in [2.24, 2.45) is 5.92 Å². The Morgan fingerprint density at radius 2 is 1.71 bits per heavy atom. The summed E-state index contributed by atoms with van der Waals surface area (Å²) in [6.45, 7) is 3.59. The highest BCUT2D eigenvalue weighted by Gasteiger charge is 2.32. The highest BCUT2D eigenvalue weighted by molar-refractivity contribution is 6.10. The molecule has 2 rings (SSSR count). The van der Waals surface area contributed by atoms with E-state index in [4.69, 9.17) is 9.47 Å². The monoisotopic (exact) mass is 329 g/mol. The Morgan fingerprint density at radius 3 is 2.42 bits per heavy atom. The quantitative estimate of drug-likeness (QED) is 0.441. The van der Waals surface area contributed by atoms with Gasteiger partial charge in [-0.25, -0.2) is 4.98 Å². The molecule has 6 heteroatoms. The van der Waals surface area contributed by atoms with Crippen molar-refractivity contribution in [1.29, 1.82) is 0 Å². The Morgan fingerprint density at radius 1 is 1.00 bits per heavy atom. The number of pyridine rings is 1. The van der Waals surface area contributed by atoms with Crippen LogP contribution in [0.1, 0.15) is 30.8 Å². The Kier molecular flexibility index (Phi) is 6.01. The number of ether oxygens (including phenoxy) is 2. The van der Waals surface area contributed by atoms with Crippen LogP contribution in [-0.4, -0.2) is 35.9 Å². The van der Waals surface area contributed by atoms with Gasteiger partial charge in [0.05, 0.1) is 25.2 Å². The van der Waals surface area contributed by atoms with E-state index in [1.807, 2.05) is 18.2 Å². The molecule has 1 unspecified atom stereocenters. The van der Waals surface area contributed by atoms with Gasteiger partial charge < -0.3 is 9.47 Å². The maximum absolute atomic E-state index is 12.7. The van der Waals surface area contributed by atoms with Gasteiger partial charge in [0.25, 0.3) is 0 Å². The van der Waals surface area contributed by atoms with Gasteiger partial charge in [0.2, 0.25) is 0 Å². The zero-order chi connectivity index (χ0) is 17.5. The van der Waals surface area contributed by atoms with Crippen LogP contribution in [0.4, 0.5) is 0 Å². The molecule has 0 saturated heterocycles. The Hall–Kier alpha value is -2.76. The molecule has 1 aromatic heterocycles. The average molecular weight is 329 g/mol. The number of hydrogen-bond donors (Lipinski definition) is 0. The molecule has 0 amide bonds. The summed E-state index contributed by atoms with van der Waals surface area (Å²) in [5.41, 5.74) is 0.762. The lowest BCUT2D eigenvalue weighted by molar-refractivity contribution is -0.152. The zero-order valence-corrected chi connectivity index (χ0v) is 13.7. The molecule has 1 atom stereocenters. The Balaban J connectivity index is 2.30. The topological polar surface area (TPSA) is 82.6 Å². The highest BCUT2D eigenvalue weighted by atomic mass is 16.5. The zero-order valence-electron chi connectivity index (χ0n) is 13.7. The minimum atomic E-state index is -1.25. The number of esters is 2. The van der Waals surface area contributed by atoms with E-state index in [0.29, 0.717) is 5.52 Å². The van der Waals surface area contributed by atoms with Crippen LogP contribution < -0.4 is 0 Å². The fraction of sp³-hybridized carbons (Fsp3) is 0.333. The van der Waals surface area contributed by atoms with E-state index in [2.05, 4.69) is 4.98 Å². The molecule has 0 spiro atoms. The van der Waals surface area contributed by atoms with Crippen molar-refractivity contribution < 1.29 is 23.9 Å². The van der Waals surface area contributed by atoms with E-state index in [1.54, 1.807) is 32.0 Å². The molecule has 1 aromatic carbocycles. The van der Waals surface area contributed by atoms with Crippen molar-refractivity contribution >= 4 is 28.6 Å². The second-order valence-electron chi connectivity index (χ2n) is 5.07. The number of carbonyl (C=O) groups is 3. The minimum absolute atomic E-state index is 0.121. The molecule has 0 bridgehead atoms. The van der Waals surface area contributed by atoms with Gasteiger partial charge in [-0.2, -0.15) is 0 Å². The van der Waals surface area contributed by atoms with E-state index in [-0.39, 0.29) is 25.3 Å². The average Bonchev–Trinajstić information content (AvgIpc) is 2.59. The highest BCUT2D eigenvalue weighted by Crippen LogP contribution is 2.18. The van der Waals surface area contributed by atoms with Crippen LogP contribution in [0, 0.1) is 5.92 Å². The van der Waals surface area contributed by atoms with E-state index in [1.165, 1.54) is 0 Å². The number of nitrogens with zero attached hydrogens (tertiary/aromatic N) is 1. The lowest BCUT2D eigenvalue weighted by Crippen LogP contribution is -2.30. The minimum Gasteiger partial charge on any atom is -0.466 e. The standard InChI is InChI=1S/C18H19NO5/c1-3-23-16(20)11-13(18(22)24-4-2)17(21)15-10-9-12-7-5-6-8-14(12)19-15/h5-10,13H,3-4,11H2,1-2H3. The van der Waals surface area contributed by atoms with Crippen LogP contribution in [0.3, 0.4) is 0 Å². The van der Waals surface area contributed by atoms with Crippen LogP contribution in [-0.2, 0) is 19.1 Å². The van der Waals surface area contributed by atoms with Crippen LogP contribution in [0.5, 0.6) is 0 Å². The summed E-state index contributed by atoms with van der Waals surface area (Å²) in [4.78, 5) is 40.7. The fourth-order valence-corrected chi connectivity index (χ4v) is 2.29. The van der Waals surface area contributed by atoms with Crippen molar-refractivity contribution in [2.45, 2.75) is 20.3 Å². The summed E-state index contributed by atoms with van der Waals surface area (Å²) in [5, 5.41) is 0.882. The van der Waals surface area contributed by atoms with Crippen LogP contribution >= 0.6 is 0 Å². The first-order chi connectivity index (χ1) is 11.6. The molecule has 0 radical (unpaired) electrons. The number of fused-ring (bicyclic) bond motifs is 1. The van der Waals surface area contributed by atoms with Gasteiger partial charge in [0.15, 0.2) is 5.78 Å². The number of aromatic nitrogens is 1. The number of ketones is 1. The van der Waals surface area contributed by atoms with Gasteiger partial charge in [-0.15, -0.1) is 0 Å². The number of para-hydroxylation sites is 1. The van der Waals surface area contributed by atoms with Crippen molar-refractivity contribution in [3.63, 3.8) is 0 Å². The van der Waals surface area contributed by atoms with E-state index in [0.717, 1.165) is 5.39 Å². The van der Waals surface area contributed by atoms with Crippen molar-refractivity contribution in [1.82, 2.24) is 4.98 Å². The molecule has 0 N–H and O–H groups in total. The molecule has 0 aliphatic heterocycles. The van der Waals surface area contributed by atoms with Crippen LogP contribution in [0.2, 0.25) is 0 Å². The van der Waals surface area contributed by atoms with E-state index in [9.17, 15) is 14.4 Å². The second kappa shape index (κ2) is 8.19. The first kappa shape index (κ1) is 17.6. The summed E-state index contributed by atoms with van der Waals surface area (Å²) in [7, 11) is 0. The number of hydrogen-bond acceptors (Lipinski definition) is 6. The summed E-state index contributed by atoms with van der Waals surface area (Å²) >= 11 is 0. The lowest BCUT2D eigenvalue weighted by Gasteiger charge is -2.13. The van der Waals surface area contributed by atoms with E-state index < -0.39 is 23.6 Å². The van der Waals surface area contributed by atoms with Crippen molar-refractivity contribution in [3.05, 3.63) is 42.1 Å².